The second-order valence-electron chi connectivity index (χ2n) is 4.29. The Labute approximate surface area is 124 Å². The van der Waals surface area contributed by atoms with Gasteiger partial charge in [-0.15, -0.1) is 11.3 Å². The van der Waals surface area contributed by atoms with Crippen molar-refractivity contribution in [3.8, 4) is 11.5 Å². The lowest BCUT2D eigenvalue weighted by Crippen LogP contribution is -1.91. The predicted molar refractivity (Wildman–Crippen MR) is 78.8 cm³/mol. The van der Waals surface area contributed by atoms with Crippen molar-refractivity contribution >= 4 is 28.6 Å². The Balaban J connectivity index is 1.86. The average Bonchev–Trinajstić information content (AvgIpc) is 2.99. The lowest BCUT2D eigenvalue weighted by atomic mass is 10.2. The number of nitrogens with zero attached hydrogens (tertiary/aromatic N) is 3. The summed E-state index contributed by atoms with van der Waals surface area (Å²) in [6.07, 6.45) is 0.542. The summed E-state index contributed by atoms with van der Waals surface area (Å²) in [5, 5.41) is 7.45. The summed E-state index contributed by atoms with van der Waals surface area (Å²) >= 11 is 7.72. The van der Waals surface area contributed by atoms with Crippen LogP contribution in [-0.4, -0.2) is 15.1 Å². The Morgan fingerprint density at radius 3 is 2.90 bits per heavy atom. The van der Waals surface area contributed by atoms with Crippen LogP contribution in [0, 0.1) is 6.92 Å². The van der Waals surface area contributed by atoms with Crippen molar-refractivity contribution in [3.63, 3.8) is 0 Å². The van der Waals surface area contributed by atoms with Gasteiger partial charge in [0.15, 0.2) is 5.82 Å². The molecule has 0 spiro atoms. The van der Waals surface area contributed by atoms with Crippen LogP contribution in [0.4, 0.5) is 5.69 Å². The summed E-state index contributed by atoms with van der Waals surface area (Å²) in [6.45, 7) is 1.96. The monoisotopic (exact) mass is 306 g/mol. The van der Waals surface area contributed by atoms with Crippen LogP contribution >= 0.6 is 22.9 Å². The number of hydrogen-bond donors (Lipinski definition) is 1. The molecular formula is C13H11ClN4OS. The molecule has 5 nitrogen and oxygen atoms in total. The molecule has 2 N–H and O–H groups in total. The third-order valence-electron chi connectivity index (χ3n) is 2.70. The molecule has 0 aliphatic heterocycles. The maximum Gasteiger partial charge on any atom is 0.259 e. The van der Waals surface area contributed by atoms with Crippen molar-refractivity contribution in [1.29, 1.82) is 0 Å². The van der Waals surface area contributed by atoms with Crippen LogP contribution in [0.2, 0.25) is 5.02 Å². The number of aromatic nitrogens is 3. The van der Waals surface area contributed by atoms with E-state index < -0.39 is 0 Å². The molecule has 3 rings (SSSR count). The van der Waals surface area contributed by atoms with Crippen LogP contribution in [-0.2, 0) is 6.42 Å². The highest BCUT2D eigenvalue weighted by molar-refractivity contribution is 7.09. The van der Waals surface area contributed by atoms with Crippen molar-refractivity contribution in [3.05, 3.63) is 45.1 Å². The van der Waals surface area contributed by atoms with Gasteiger partial charge in [-0.1, -0.05) is 16.8 Å². The van der Waals surface area contributed by atoms with Crippen molar-refractivity contribution in [2.45, 2.75) is 13.3 Å². The van der Waals surface area contributed by atoms with E-state index in [9.17, 15) is 0 Å². The molecule has 3 aromatic rings. The van der Waals surface area contributed by atoms with E-state index in [4.69, 9.17) is 21.9 Å². The normalized spacial score (nSPS) is 10.9. The van der Waals surface area contributed by atoms with E-state index in [1.807, 2.05) is 12.3 Å². The molecular weight excluding hydrogens is 296 g/mol. The molecule has 0 aliphatic rings. The Hall–Kier alpha value is -1.92. The van der Waals surface area contributed by atoms with Gasteiger partial charge >= 0.3 is 0 Å². The average molecular weight is 307 g/mol. The highest BCUT2D eigenvalue weighted by Crippen LogP contribution is 2.28. The standard InChI is InChI=1S/C13H11ClN4OS/c1-7-16-9(6-20-7)5-12-17-13(19-18-12)10-3-2-8(15)4-11(10)14/h2-4,6H,5,15H2,1H3. The second-order valence-corrected chi connectivity index (χ2v) is 5.76. The van der Waals surface area contributed by atoms with Gasteiger partial charge in [-0.3, -0.25) is 0 Å². The lowest BCUT2D eigenvalue weighted by molar-refractivity contribution is 0.424. The Bertz CT molecular complexity index is 752. The number of rotatable bonds is 3. The molecule has 0 atom stereocenters. The van der Waals surface area contributed by atoms with Crippen molar-refractivity contribution in [2.75, 3.05) is 5.73 Å². The fourth-order valence-electron chi connectivity index (χ4n) is 1.79. The SMILES string of the molecule is Cc1nc(Cc2noc(-c3ccc(N)cc3Cl)n2)cs1. The molecule has 0 amide bonds. The summed E-state index contributed by atoms with van der Waals surface area (Å²) in [6, 6.07) is 5.17. The molecule has 0 fully saturated rings. The number of thiazole rings is 1. The van der Waals surface area contributed by atoms with Crippen LogP contribution in [0.25, 0.3) is 11.5 Å². The maximum absolute atomic E-state index is 6.12. The summed E-state index contributed by atoms with van der Waals surface area (Å²) in [5.41, 5.74) is 7.86. The fraction of sp³-hybridized carbons (Fsp3) is 0.154. The molecule has 0 unspecified atom stereocenters. The van der Waals surface area contributed by atoms with Gasteiger partial charge in [-0.2, -0.15) is 4.98 Å². The van der Waals surface area contributed by atoms with Crippen LogP contribution in [0.5, 0.6) is 0 Å². The molecule has 20 heavy (non-hydrogen) atoms. The van der Waals surface area contributed by atoms with Crippen molar-refractivity contribution < 1.29 is 4.52 Å². The Morgan fingerprint density at radius 1 is 1.35 bits per heavy atom. The van der Waals surface area contributed by atoms with E-state index in [-0.39, 0.29) is 0 Å². The molecule has 7 heteroatoms. The third kappa shape index (κ3) is 2.66. The van der Waals surface area contributed by atoms with Crippen LogP contribution in [0.1, 0.15) is 16.5 Å². The minimum Gasteiger partial charge on any atom is -0.399 e. The van der Waals surface area contributed by atoms with Crippen LogP contribution in [0.15, 0.2) is 28.1 Å². The first kappa shape index (κ1) is 13.1. The number of nitrogen functional groups attached to an aromatic ring is 1. The van der Waals surface area contributed by atoms with E-state index in [0.717, 1.165) is 10.7 Å². The highest BCUT2D eigenvalue weighted by Gasteiger charge is 2.13. The third-order valence-corrected chi connectivity index (χ3v) is 3.83. The molecule has 2 heterocycles. The molecule has 1 aromatic carbocycles. The summed E-state index contributed by atoms with van der Waals surface area (Å²) < 4.78 is 5.24. The van der Waals surface area contributed by atoms with Gasteiger partial charge in [-0.25, -0.2) is 4.98 Å². The van der Waals surface area contributed by atoms with Gasteiger partial charge in [0, 0.05) is 11.1 Å². The molecule has 102 valence electrons. The summed E-state index contributed by atoms with van der Waals surface area (Å²) in [7, 11) is 0. The first-order valence-corrected chi connectivity index (χ1v) is 7.16. The number of hydrogen-bond acceptors (Lipinski definition) is 6. The second kappa shape index (κ2) is 5.22. The topological polar surface area (TPSA) is 77.8 Å². The van der Waals surface area contributed by atoms with E-state index >= 15 is 0 Å². The number of nitrogens with two attached hydrogens (primary N) is 1. The first-order chi connectivity index (χ1) is 9.61. The molecule has 0 saturated heterocycles. The summed E-state index contributed by atoms with van der Waals surface area (Å²) in [4.78, 5) is 8.71. The van der Waals surface area contributed by atoms with Gasteiger partial charge in [0.05, 0.1) is 27.7 Å². The number of benzene rings is 1. The molecule has 0 radical (unpaired) electrons. The first-order valence-electron chi connectivity index (χ1n) is 5.91. The van der Waals surface area contributed by atoms with Gasteiger partial charge in [0.1, 0.15) is 0 Å². The minimum atomic E-state index is 0.386. The zero-order valence-corrected chi connectivity index (χ0v) is 12.2. The van der Waals surface area contributed by atoms with Crippen LogP contribution < -0.4 is 5.73 Å². The Kier molecular flexibility index (Phi) is 3.42. The maximum atomic E-state index is 6.12. The van der Waals surface area contributed by atoms with Crippen molar-refractivity contribution in [2.24, 2.45) is 0 Å². The number of anilines is 1. The minimum absolute atomic E-state index is 0.386. The van der Waals surface area contributed by atoms with Crippen LogP contribution in [0.3, 0.4) is 0 Å². The molecule has 0 aliphatic carbocycles. The van der Waals surface area contributed by atoms with Gasteiger partial charge in [0.2, 0.25) is 0 Å². The van der Waals surface area contributed by atoms with Gasteiger partial charge < -0.3 is 10.3 Å². The zero-order valence-electron chi connectivity index (χ0n) is 10.6. The summed E-state index contributed by atoms with van der Waals surface area (Å²) in [5.74, 6) is 0.968. The van der Waals surface area contributed by atoms with E-state index in [1.165, 1.54) is 0 Å². The molecule has 2 aromatic heterocycles. The molecule has 0 saturated carbocycles. The smallest absolute Gasteiger partial charge is 0.259 e. The van der Waals surface area contributed by atoms with E-state index in [1.54, 1.807) is 29.5 Å². The highest BCUT2D eigenvalue weighted by atomic mass is 35.5. The fourth-order valence-corrected chi connectivity index (χ4v) is 2.67. The predicted octanol–water partition coefficient (Wildman–Crippen LogP) is 3.33. The number of halogens is 1. The van der Waals surface area contributed by atoms with Gasteiger partial charge in [-0.05, 0) is 25.1 Å². The largest absolute Gasteiger partial charge is 0.399 e. The quantitative estimate of drug-likeness (QED) is 0.751. The molecule has 0 bridgehead atoms. The van der Waals surface area contributed by atoms with Crippen molar-refractivity contribution in [1.82, 2.24) is 15.1 Å². The zero-order chi connectivity index (χ0) is 14.1. The van der Waals surface area contributed by atoms with E-state index in [2.05, 4.69) is 15.1 Å². The Morgan fingerprint density at radius 2 is 2.20 bits per heavy atom. The van der Waals surface area contributed by atoms with Gasteiger partial charge in [0.25, 0.3) is 5.89 Å². The number of aryl methyl sites for hydroxylation is 1. The lowest BCUT2D eigenvalue weighted by Gasteiger charge is -1.99. The van der Waals surface area contributed by atoms with E-state index in [0.29, 0.717) is 34.4 Å².